The summed E-state index contributed by atoms with van der Waals surface area (Å²) in [6.07, 6.45) is 3.13. The van der Waals surface area contributed by atoms with Crippen molar-refractivity contribution in [3.8, 4) is 11.4 Å². The molecular formula is C18H16N2O2. The monoisotopic (exact) mass is 292 g/mol. The summed E-state index contributed by atoms with van der Waals surface area (Å²) in [6.45, 7) is 0. The SMILES string of the molecule is COC(=O)/C=C/c1ccc(-c2nc3ccccc3n2C)cc1. The molecule has 0 aliphatic rings. The van der Waals surface area contributed by atoms with Crippen LogP contribution >= 0.6 is 0 Å². The van der Waals surface area contributed by atoms with Crippen molar-refractivity contribution in [1.29, 1.82) is 0 Å². The van der Waals surface area contributed by atoms with Crippen LogP contribution in [0.15, 0.2) is 54.6 Å². The molecule has 1 heterocycles. The summed E-state index contributed by atoms with van der Waals surface area (Å²) < 4.78 is 6.65. The number of hydrogen-bond donors (Lipinski definition) is 0. The van der Waals surface area contributed by atoms with E-state index in [0.29, 0.717) is 0 Å². The largest absolute Gasteiger partial charge is 0.466 e. The number of hydrogen-bond acceptors (Lipinski definition) is 3. The Morgan fingerprint density at radius 2 is 1.86 bits per heavy atom. The predicted octanol–water partition coefficient (Wildman–Crippen LogP) is 3.43. The molecule has 0 aliphatic heterocycles. The molecule has 0 saturated heterocycles. The lowest BCUT2D eigenvalue weighted by Gasteiger charge is -2.03. The van der Waals surface area contributed by atoms with Crippen LogP contribution in [-0.4, -0.2) is 22.6 Å². The molecule has 4 nitrogen and oxygen atoms in total. The van der Waals surface area contributed by atoms with Crippen LogP contribution in [0.2, 0.25) is 0 Å². The highest BCUT2D eigenvalue weighted by Crippen LogP contribution is 2.23. The Morgan fingerprint density at radius 1 is 1.14 bits per heavy atom. The van der Waals surface area contributed by atoms with Crippen LogP contribution in [0.3, 0.4) is 0 Å². The van der Waals surface area contributed by atoms with Gasteiger partial charge in [0.2, 0.25) is 0 Å². The minimum atomic E-state index is -0.362. The van der Waals surface area contributed by atoms with E-state index in [1.54, 1.807) is 6.08 Å². The molecule has 0 fully saturated rings. The summed E-state index contributed by atoms with van der Waals surface area (Å²) in [4.78, 5) is 15.8. The minimum absolute atomic E-state index is 0.362. The van der Waals surface area contributed by atoms with Crippen molar-refractivity contribution < 1.29 is 9.53 Å². The van der Waals surface area contributed by atoms with Crippen LogP contribution in [0, 0.1) is 0 Å². The van der Waals surface area contributed by atoms with E-state index in [2.05, 4.69) is 20.4 Å². The Morgan fingerprint density at radius 3 is 2.55 bits per heavy atom. The van der Waals surface area contributed by atoms with Gasteiger partial charge in [0.15, 0.2) is 0 Å². The van der Waals surface area contributed by atoms with Crippen molar-refractivity contribution in [2.45, 2.75) is 0 Å². The average molecular weight is 292 g/mol. The number of para-hydroxylation sites is 2. The molecule has 0 saturated carbocycles. The van der Waals surface area contributed by atoms with Gasteiger partial charge >= 0.3 is 5.97 Å². The molecule has 0 bridgehead atoms. The van der Waals surface area contributed by atoms with Crippen LogP contribution in [0.5, 0.6) is 0 Å². The zero-order chi connectivity index (χ0) is 15.5. The first-order valence-electron chi connectivity index (χ1n) is 6.97. The van der Waals surface area contributed by atoms with E-state index in [0.717, 1.165) is 28.0 Å². The number of imidazole rings is 1. The quantitative estimate of drug-likeness (QED) is 0.549. The first-order valence-corrected chi connectivity index (χ1v) is 6.97. The first-order chi connectivity index (χ1) is 10.7. The highest BCUT2D eigenvalue weighted by molar-refractivity contribution is 5.87. The number of nitrogens with zero attached hydrogens (tertiary/aromatic N) is 2. The molecule has 1 aromatic heterocycles. The zero-order valence-corrected chi connectivity index (χ0v) is 12.5. The van der Waals surface area contributed by atoms with Crippen LogP contribution in [0.25, 0.3) is 28.5 Å². The second-order valence-corrected chi connectivity index (χ2v) is 4.96. The van der Waals surface area contributed by atoms with E-state index in [4.69, 9.17) is 0 Å². The van der Waals surface area contributed by atoms with Gasteiger partial charge in [0.25, 0.3) is 0 Å². The zero-order valence-electron chi connectivity index (χ0n) is 12.5. The molecule has 0 unspecified atom stereocenters. The van der Waals surface area contributed by atoms with Gasteiger partial charge in [-0.15, -0.1) is 0 Å². The van der Waals surface area contributed by atoms with Gasteiger partial charge in [-0.1, -0.05) is 36.4 Å². The number of benzene rings is 2. The maximum Gasteiger partial charge on any atom is 0.330 e. The van der Waals surface area contributed by atoms with Crippen molar-refractivity contribution in [2.75, 3.05) is 7.11 Å². The summed E-state index contributed by atoms with van der Waals surface area (Å²) in [5.41, 5.74) is 4.06. The number of esters is 1. The molecule has 4 heteroatoms. The molecule has 0 amide bonds. The third-order valence-electron chi connectivity index (χ3n) is 3.57. The predicted molar refractivity (Wildman–Crippen MR) is 87.2 cm³/mol. The topological polar surface area (TPSA) is 44.1 Å². The Hall–Kier alpha value is -2.88. The Kier molecular flexibility index (Phi) is 3.74. The van der Waals surface area contributed by atoms with Crippen molar-refractivity contribution in [1.82, 2.24) is 9.55 Å². The molecule has 3 rings (SSSR count). The van der Waals surface area contributed by atoms with Gasteiger partial charge in [-0.05, 0) is 23.8 Å². The maximum absolute atomic E-state index is 11.1. The molecular weight excluding hydrogens is 276 g/mol. The number of carbonyl (C=O) groups is 1. The first kappa shape index (κ1) is 14.1. The van der Waals surface area contributed by atoms with Crippen molar-refractivity contribution in [3.05, 3.63) is 60.2 Å². The summed E-state index contributed by atoms with van der Waals surface area (Å²) in [7, 11) is 3.37. The van der Waals surface area contributed by atoms with E-state index in [1.807, 2.05) is 49.5 Å². The van der Waals surface area contributed by atoms with E-state index < -0.39 is 0 Å². The molecule has 3 aromatic rings. The number of aryl methyl sites for hydroxylation is 1. The lowest BCUT2D eigenvalue weighted by Crippen LogP contribution is -1.93. The standard InChI is InChI=1S/C18H16N2O2/c1-20-16-6-4-3-5-15(16)19-18(20)14-10-7-13(8-11-14)9-12-17(21)22-2/h3-12H,1-2H3/b12-9+. The van der Waals surface area contributed by atoms with Crippen LogP contribution in [0.1, 0.15) is 5.56 Å². The summed E-state index contributed by atoms with van der Waals surface area (Å²) >= 11 is 0. The third kappa shape index (κ3) is 2.63. The van der Waals surface area contributed by atoms with Gasteiger partial charge in [0, 0.05) is 18.7 Å². The Labute approximate surface area is 128 Å². The molecule has 22 heavy (non-hydrogen) atoms. The van der Waals surface area contributed by atoms with E-state index in [9.17, 15) is 4.79 Å². The highest BCUT2D eigenvalue weighted by atomic mass is 16.5. The van der Waals surface area contributed by atoms with E-state index >= 15 is 0 Å². The second-order valence-electron chi connectivity index (χ2n) is 4.96. The Bertz CT molecular complexity index is 845. The fourth-order valence-corrected chi connectivity index (χ4v) is 2.38. The number of rotatable bonds is 3. The molecule has 0 aliphatic carbocycles. The number of carbonyl (C=O) groups excluding carboxylic acids is 1. The molecule has 0 spiro atoms. The maximum atomic E-state index is 11.1. The normalized spacial score (nSPS) is 11.2. The number of aromatic nitrogens is 2. The van der Waals surface area contributed by atoms with Gasteiger partial charge < -0.3 is 9.30 Å². The molecule has 0 atom stereocenters. The average Bonchev–Trinajstić information content (AvgIpc) is 2.90. The summed E-state index contributed by atoms with van der Waals surface area (Å²) in [6, 6.07) is 16.0. The highest BCUT2D eigenvalue weighted by Gasteiger charge is 2.08. The number of ether oxygens (including phenoxy) is 1. The second kappa shape index (κ2) is 5.85. The van der Waals surface area contributed by atoms with Crippen LogP contribution in [-0.2, 0) is 16.6 Å². The van der Waals surface area contributed by atoms with Gasteiger partial charge in [-0.3, -0.25) is 0 Å². The molecule has 2 aromatic carbocycles. The van der Waals surface area contributed by atoms with E-state index in [1.165, 1.54) is 13.2 Å². The van der Waals surface area contributed by atoms with Gasteiger partial charge in [-0.25, -0.2) is 9.78 Å². The fourth-order valence-electron chi connectivity index (χ4n) is 2.38. The smallest absolute Gasteiger partial charge is 0.330 e. The molecule has 110 valence electrons. The fraction of sp³-hybridized carbons (Fsp3) is 0.111. The van der Waals surface area contributed by atoms with Crippen molar-refractivity contribution in [3.63, 3.8) is 0 Å². The summed E-state index contributed by atoms with van der Waals surface area (Å²) in [5.74, 6) is 0.559. The van der Waals surface area contributed by atoms with Crippen LogP contribution in [0.4, 0.5) is 0 Å². The van der Waals surface area contributed by atoms with Gasteiger partial charge in [0.1, 0.15) is 5.82 Å². The number of fused-ring (bicyclic) bond motifs is 1. The lowest BCUT2D eigenvalue weighted by molar-refractivity contribution is -0.134. The van der Waals surface area contributed by atoms with Gasteiger partial charge in [-0.2, -0.15) is 0 Å². The molecule has 0 radical (unpaired) electrons. The van der Waals surface area contributed by atoms with Crippen molar-refractivity contribution in [2.24, 2.45) is 7.05 Å². The molecule has 0 N–H and O–H groups in total. The Balaban J connectivity index is 1.93. The van der Waals surface area contributed by atoms with E-state index in [-0.39, 0.29) is 5.97 Å². The number of methoxy groups -OCH3 is 1. The lowest BCUT2D eigenvalue weighted by atomic mass is 10.1. The van der Waals surface area contributed by atoms with Crippen molar-refractivity contribution >= 4 is 23.1 Å². The minimum Gasteiger partial charge on any atom is -0.466 e. The third-order valence-corrected chi connectivity index (χ3v) is 3.57. The van der Waals surface area contributed by atoms with Gasteiger partial charge in [0.05, 0.1) is 18.1 Å². The van der Waals surface area contributed by atoms with Crippen LogP contribution < -0.4 is 0 Å². The summed E-state index contributed by atoms with van der Waals surface area (Å²) in [5, 5.41) is 0.